The maximum Gasteiger partial charge on any atom is 0.311 e. The van der Waals surface area contributed by atoms with Crippen molar-refractivity contribution in [1.29, 1.82) is 0 Å². The van der Waals surface area contributed by atoms with Crippen molar-refractivity contribution in [3.05, 3.63) is 64.7 Å². The third-order valence-corrected chi connectivity index (χ3v) is 4.67. The molecule has 0 bridgehead atoms. The second-order valence-corrected chi connectivity index (χ2v) is 6.18. The van der Waals surface area contributed by atoms with Crippen LogP contribution in [0.15, 0.2) is 42.5 Å². The normalized spacial score (nSPS) is 14.8. The van der Waals surface area contributed by atoms with Crippen LogP contribution in [0, 0.1) is 0 Å². The first-order valence-corrected chi connectivity index (χ1v) is 8.15. The van der Waals surface area contributed by atoms with E-state index in [0.29, 0.717) is 6.42 Å². The summed E-state index contributed by atoms with van der Waals surface area (Å²) >= 11 is 0. The van der Waals surface area contributed by atoms with Crippen LogP contribution in [-0.4, -0.2) is 18.2 Å². The van der Waals surface area contributed by atoms with Gasteiger partial charge in [0.2, 0.25) is 0 Å². The van der Waals surface area contributed by atoms with Gasteiger partial charge >= 0.3 is 5.97 Å². The zero-order chi connectivity index (χ0) is 16.2. The van der Waals surface area contributed by atoms with E-state index in [1.807, 2.05) is 30.3 Å². The van der Waals surface area contributed by atoms with E-state index < -0.39 is 11.9 Å². The van der Waals surface area contributed by atoms with Crippen molar-refractivity contribution < 1.29 is 14.6 Å². The number of benzene rings is 2. The molecule has 1 aliphatic carbocycles. The first-order valence-electron chi connectivity index (χ1n) is 8.15. The molecule has 0 aromatic heterocycles. The SMILES string of the molecule is COc1ccc(CC(C(=O)O)c2ccc3c(c2)CCCC3)cc1. The van der Waals surface area contributed by atoms with Crippen LogP contribution in [0.3, 0.4) is 0 Å². The van der Waals surface area contributed by atoms with Crippen molar-refractivity contribution in [3.8, 4) is 5.75 Å². The van der Waals surface area contributed by atoms with Gasteiger partial charge < -0.3 is 9.84 Å². The lowest BCUT2D eigenvalue weighted by Gasteiger charge is -2.19. The molecule has 0 amide bonds. The van der Waals surface area contributed by atoms with Crippen LogP contribution in [0.2, 0.25) is 0 Å². The Balaban J connectivity index is 1.84. The van der Waals surface area contributed by atoms with Crippen LogP contribution in [0.5, 0.6) is 5.75 Å². The molecule has 2 aromatic rings. The van der Waals surface area contributed by atoms with Crippen LogP contribution in [0.1, 0.15) is 41.0 Å². The Morgan fingerprint density at radius 1 is 1.09 bits per heavy atom. The summed E-state index contributed by atoms with van der Waals surface area (Å²) in [6.45, 7) is 0. The number of hydrogen-bond acceptors (Lipinski definition) is 2. The molecule has 1 atom stereocenters. The third kappa shape index (κ3) is 3.55. The fourth-order valence-electron chi connectivity index (χ4n) is 3.32. The average Bonchev–Trinajstić information content (AvgIpc) is 2.59. The highest BCUT2D eigenvalue weighted by Gasteiger charge is 2.22. The zero-order valence-electron chi connectivity index (χ0n) is 13.4. The van der Waals surface area contributed by atoms with Crippen molar-refractivity contribution in [2.45, 2.75) is 38.0 Å². The first-order chi connectivity index (χ1) is 11.2. The van der Waals surface area contributed by atoms with Gasteiger partial charge in [0, 0.05) is 0 Å². The smallest absolute Gasteiger partial charge is 0.311 e. The van der Waals surface area contributed by atoms with Gasteiger partial charge in [0.05, 0.1) is 13.0 Å². The number of fused-ring (bicyclic) bond motifs is 1. The van der Waals surface area contributed by atoms with Gasteiger partial charge in [-0.15, -0.1) is 0 Å². The van der Waals surface area contributed by atoms with Crippen LogP contribution < -0.4 is 4.74 Å². The molecule has 3 nitrogen and oxygen atoms in total. The van der Waals surface area contributed by atoms with Crippen molar-refractivity contribution in [3.63, 3.8) is 0 Å². The molecule has 0 radical (unpaired) electrons. The monoisotopic (exact) mass is 310 g/mol. The number of aliphatic carboxylic acids is 1. The minimum absolute atomic E-state index is 0.498. The molecule has 0 aliphatic heterocycles. The van der Waals surface area contributed by atoms with Gasteiger partial charge in [-0.1, -0.05) is 30.3 Å². The Bertz CT molecular complexity index is 689. The highest BCUT2D eigenvalue weighted by molar-refractivity contribution is 5.76. The summed E-state index contributed by atoms with van der Waals surface area (Å²) in [5.41, 5.74) is 4.63. The topological polar surface area (TPSA) is 46.5 Å². The number of carboxylic acids is 1. The largest absolute Gasteiger partial charge is 0.497 e. The molecule has 0 saturated carbocycles. The molecule has 0 saturated heterocycles. The Labute approximate surface area is 136 Å². The van der Waals surface area contributed by atoms with Gasteiger partial charge in [-0.25, -0.2) is 0 Å². The van der Waals surface area contributed by atoms with Gasteiger partial charge in [-0.05, 0) is 66.5 Å². The molecule has 0 heterocycles. The zero-order valence-corrected chi connectivity index (χ0v) is 13.4. The first kappa shape index (κ1) is 15.6. The summed E-state index contributed by atoms with van der Waals surface area (Å²) in [4.78, 5) is 11.8. The van der Waals surface area contributed by atoms with E-state index in [9.17, 15) is 9.90 Å². The van der Waals surface area contributed by atoms with Gasteiger partial charge in [-0.3, -0.25) is 4.79 Å². The van der Waals surface area contributed by atoms with Gasteiger partial charge in [0.15, 0.2) is 0 Å². The summed E-state index contributed by atoms with van der Waals surface area (Å²) in [6, 6.07) is 13.8. The molecule has 23 heavy (non-hydrogen) atoms. The Hall–Kier alpha value is -2.29. The van der Waals surface area contributed by atoms with E-state index >= 15 is 0 Å². The molecule has 2 aromatic carbocycles. The van der Waals surface area contributed by atoms with Crippen molar-refractivity contribution in [2.24, 2.45) is 0 Å². The van der Waals surface area contributed by atoms with E-state index in [1.165, 1.54) is 24.0 Å². The fourth-order valence-corrected chi connectivity index (χ4v) is 3.32. The molecule has 3 heteroatoms. The predicted octanol–water partition coefficient (Wildman–Crippen LogP) is 3.98. The number of rotatable bonds is 5. The Kier molecular flexibility index (Phi) is 4.65. The quantitative estimate of drug-likeness (QED) is 0.908. The van der Waals surface area contributed by atoms with Gasteiger partial charge in [0.25, 0.3) is 0 Å². The lowest BCUT2D eigenvalue weighted by molar-refractivity contribution is -0.138. The molecule has 0 fully saturated rings. The van der Waals surface area contributed by atoms with E-state index in [-0.39, 0.29) is 0 Å². The number of carboxylic acid groups (broad SMARTS) is 1. The van der Waals surface area contributed by atoms with Crippen molar-refractivity contribution >= 4 is 5.97 Å². The number of aryl methyl sites for hydroxylation is 2. The summed E-state index contributed by atoms with van der Waals surface area (Å²) in [7, 11) is 1.63. The summed E-state index contributed by atoms with van der Waals surface area (Å²) in [5.74, 6) is -0.485. The van der Waals surface area contributed by atoms with Crippen LogP contribution >= 0.6 is 0 Å². The standard InChI is InChI=1S/C20H22O3/c1-23-18-10-6-14(7-11-18)12-19(20(21)22)17-9-8-15-4-2-3-5-16(15)13-17/h6-11,13,19H,2-5,12H2,1H3,(H,21,22). The highest BCUT2D eigenvalue weighted by atomic mass is 16.5. The van der Waals surface area contributed by atoms with E-state index in [4.69, 9.17) is 4.74 Å². The highest BCUT2D eigenvalue weighted by Crippen LogP contribution is 2.28. The molecule has 1 N–H and O–H groups in total. The minimum atomic E-state index is -0.767. The molecular formula is C20H22O3. The molecule has 0 spiro atoms. The third-order valence-electron chi connectivity index (χ3n) is 4.67. The number of ether oxygens (including phenoxy) is 1. The van der Waals surface area contributed by atoms with E-state index in [0.717, 1.165) is 29.7 Å². The lowest BCUT2D eigenvalue weighted by atomic mass is 9.85. The summed E-state index contributed by atoms with van der Waals surface area (Å²) in [5, 5.41) is 9.67. The Morgan fingerprint density at radius 3 is 2.43 bits per heavy atom. The van der Waals surface area contributed by atoms with Crippen LogP contribution in [0.4, 0.5) is 0 Å². The van der Waals surface area contributed by atoms with E-state index in [1.54, 1.807) is 7.11 Å². The number of methoxy groups -OCH3 is 1. The lowest BCUT2D eigenvalue weighted by Crippen LogP contribution is -2.15. The van der Waals surface area contributed by atoms with Gasteiger partial charge in [0.1, 0.15) is 5.75 Å². The summed E-state index contributed by atoms with van der Waals surface area (Å²) < 4.78 is 5.15. The molecule has 1 unspecified atom stereocenters. The average molecular weight is 310 g/mol. The van der Waals surface area contributed by atoms with E-state index in [2.05, 4.69) is 12.1 Å². The second kappa shape index (κ2) is 6.86. The number of carbonyl (C=O) groups is 1. The number of hydrogen-bond donors (Lipinski definition) is 1. The van der Waals surface area contributed by atoms with Crippen molar-refractivity contribution in [2.75, 3.05) is 7.11 Å². The minimum Gasteiger partial charge on any atom is -0.497 e. The van der Waals surface area contributed by atoms with Crippen LogP contribution in [-0.2, 0) is 24.1 Å². The molecule has 1 aliphatic rings. The molecular weight excluding hydrogens is 288 g/mol. The fraction of sp³-hybridized carbons (Fsp3) is 0.350. The second-order valence-electron chi connectivity index (χ2n) is 6.18. The molecule has 120 valence electrons. The molecule has 3 rings (SSSR count). The maximum absolute atomic E-state index is 11.8. The van der Waals surface area contributed by atoms with Crippen molar-refractivity contribution in [1.82, 2.24) is 0 Å². The van der Waals surface area contributed by atoms with Gasteiger partial charge in [-0.2, -0.15) is 0 Å². The predicted molar refractivity (Wildman–Crippen MR) is 90.2 cm³/mol. The Morgan fingerprint density at radius 2 is 1.78 bits per heavy atom. The van der Waals surface area contributed by atoms with Crippen LogP contribution in [0.25, 0.3) is 0 Å². The maximum atomic E-state index is 11.8. The summed E-state index contributed by atoms with van der Waals surface area (Å²) in [6.07, 6.45) is 5.12.